The standard InChI is InChI=1S/C16H26O2/c1-2-3-4-5-6-10-13-15(17)16(18)14-11-8-7-9-12-14/h7-9,11-12,15-18H,2-6,10,13H2,1H3. The summed E-state index contributed by atoms with van der Waals surface area (Å²) in [7, 11) is 0. The van der Waals surface area contributed by atoms with Gasteiger partial charge in [-0.05, 0) is 12.0 Å². The van der Waals surface area contributed by atoms with Crippen LogP contribution in [-0.4, -0.2) is 16.3 Å². The van der Waals surface area contributed by atoms with Crippen molar-refractivity contribution in [1.29, 1.82) is 0 Å². The summed E-state index contributed by atoms with van der Waals surface area (Å²) in [6, 6.07) is 9.40. The Morgan fingerprint density at radius 3 is 2.17 bits per heavy atom. The first-order valence-electron chi connectivity index (χ1n) is 7.16. The Labute approximate surface area is 111 Å². The van der Waals surface area contributed by atoms with E-state index < -0.39 is 12.2 Å². The van der Waals surface area contributed by atoms with Gasteiger partial charge in [-0.1, -0.05) is 75.8 Å². The highest BCUT2D eigenvalue weighted by Gasteiger charge is 2.17. The van der Waals surface area contributed by atoms with Gasteiger partial charge in [0.05, 0.1) is 6.10 Å². The molecular formula is C16H26O2. The summed E-state index contributed by atoms with van der Waals surface area (Å²) < 4.78 is 0. The zero-order chi connectivity index (χ0) is 13.2. The van der Waals surface area contributed by atoms with E-state index in [1.165, 1.54) is 25.7 Å². The maximum Gasteiger partial charge on any atom is 0.105 e. The monoisotopic (exact) mass is 250 g/mol. The summed E-state index contributed by atoms with van der Waals surface area (Å²) in [5.74, 6) is 0. The third-order valence-corrected chi connectivity index (χ3v) is 3.36. The van der Waals surface area contributed by atoms with Crippen LogP contribution in [0.25, 0.3) is 0 Å². The lowest BCUT2D eigenvalue weighted by molar-refractivity contribution is 0.0120. The normalized spacial score (nSPS) is 14.4. The molecule has 0 saturated carbocycles. The Morgan fingerprint density at radius 1 is 0.889 bits per heavy atom. The van der Waals surface area contributed by atoms with E-state index in [0.717, 1.165) is 18.4 Å². The van der Waals surface area contributed by atoms with Crippen LogP contribution in [0.5, 0.6) is 0 Å². The van der Waals surface area contributed by atoms with Gasteiger partial charge in [0.1, 0.15) is 6.10 Å². The molecule has 2 unspecified atom stereocenters. The molecule has 0 amide bonds. The van der Waals surface area contributed by atoms with Crippen LogP contribution >= 0.6 is 0 Å². The minimum atomic E-state index is -0.748. The van der Waals surface area contributed by atoms with Crippen LogP contribution in [0.4, 0.5) is 0 Å². The molecule has 2 heteroatoms. The fourth-order valence-corrected chi connectivity index (χ4v) is 2.16. The first kappa shape index (κ1) is 15.2. The number of rotatable bonds is 9. The molecular weight excluding hydrogens is 224 g/mol. The molecule has 0 aliphatic carbocycles. The minimum Gasteiger partial charge on any atom is -0.390 e. The van der Waals surface area contributed by atoms with Crippen LogP contribution < -0.4 is 0 Å². The average molecular weight is 250 g/mol. The van der Waals surface area contributed by atoms with Crippen LogP contribution in [0.3, 0.4) is 0 Å². The number of hydrogen-bond acceptors (Lipinski definition) is 2. The molecule has 0 aliphatic rings. The Bertz CT molecular complexity index is 297. The van der Waals surface area contributed by atoms with E-state index in [1.807, 2.05) is 30.3 Å². The van der Waals surface area contributed by atoms with Gasteiger partial charge >= 0.3 is 0 Å². The zero-order valence-electron chi connectivity index (χ0n) is 11.4. The molecule has 0 fully saturated rings. The molecule has 0 aliphatic heterocycles. The quantitative estimate of drug-likeness (QED) is 0.654. The van der Waals surface area contributed by atoms with E-state index in [-0.39, 0.29) is 0 Å². The SMILES string of the molecule is CCCCCCCCC(O)C(O)c1ccccc1. The Hall–Kier alpha value is -0.860. The van der Waals surface area contributed by atoms with E-state index in [1.54, 1.807) is 0 Å². The first-order valence-corrected chi connectivity index (χ1v) is 7.16. The number of aliphatic hydroxyl groups excluding tert-OH is 2. The van der Waals surface area contributed by atoms with Gasteiger partial charge in [-0.2, -0.15) is 0 Å². The van der Waals surface area contributed by atoms with E-state index in [4.69, 9.17) is 0 Å². The third-order valence-electron chi connectivity index (χ3n) is 3.36. The van der Waals surface area contributed by atoms with Gasteiger partial charge in [0, 0.05) is 0 Å². The Morgan fingerprint density at radius 2 is 1.50 bits per heavy atom. The molecule has 0 radical (unpaired) electrons. The molecule has 0 aromatic heterocycles. The average Bonchev–Trinajstić information content (AvgIpc) is 2.42. The van der Waals surface area contributed by atoms with Crippen molar-refractivity contribution in [3.63, 3.8) is 0 Å². The molecule has 2 nitrogen and oxygen atoms in total. The predicted octanol–water partition coefficient (Wildman–Crippen LogP) is 3.83. The second-order valence-electron chi connectivity index (χ2n) is 4.98. The van der Waals surface area contributed by atoms with Crippen molar-refractivity contribution in [2.24, 2.45) is 0 Å². The minimum absolute atomic E-state index is 0.640. The lowest BCUT2D eigenvalue weighted by atomic mass is 9.99. The topological polar surface area (TPSA) is 40.5 Å². The molecule has 0 heterocycles. The fraction of sp³-hybridized carbons (Fsp3) is 0.625. The lowest BCUT2D eigenvalue weighted by Crippen LogP contribution is -2.17. The molecule has 102 valence electrons. The van der Waals surface area contributed by atoms with Gasteiger partial charge in [0.25, 0.3) is 0 Å². The van der Waals surface area contributed by atoms with Crippen LogP contribution in [0.2, 0.25) is 0 Å². The van der Waals surface area contributed by atoms with Crippen LogP contribution in [0, 0.1) is 0 Å². The lowest BCUT2D eigenvalue weighted by Gasteiger charge is -2.18. The number of hydrogen-bond donors (Lipinski definition) is 2. The zero-order valence-corrected chi connectivity index (χ0v) is 11.4. The Balaban J connectivity index is 2.18. The van der Waals surface area contributed by atoms with Gasteiger partial charge in [-0.15, -0.1) is 0 Å². The Kier molecular flexibility index (Phi) is 7.70. The van der Waals surface area contributed by atoms with Crippen molar-refractivity contribution in [2.45, 2.75) is 64.1 Å². The van der Waals surface area contributed by atoms with Crippen molar-refractivity contribution in [3.05, 3.63) is 35.9 Å². The smallest absolute Gasteiger partial charge is 0.105 e. The molecule has 1 aromatic rings. The van der Waals surface area contributed by atoms with Gasteiger partial charge in [0.15, 0.2) is 0 Å². The summed E-state index contributed by atoms with van der Waals surface area (Å²) >= 11 is 0. The van der Waals surface area contributed by atoms with Crippen molar-refractivity contribution in [1.82, 2.24) is 0 Å². The molecule has 1 rings (SSSR count). The summed E-state index contributed by atoms with van der Waals surface area (Å²) in [6.07, 6.45) is 6.52. The number of unbranched alkanes of at least 4 members (excludes halogenated alkanes) is 5. The molecule has 2 atom stereocenters. The van der Waals surface area contributed by atoms with Gasteiger partial charge in [-0.3, -0.25) is 0 Å². The van der Waals surface area contributed by atoms with E-state index >= 15 is 0 Å². The van der Waals surface area contributed by atoms with Gasteiger partial charge in [0.2, 0.25) is 0 Å². The molecule has 0 spiro atoms. The highest BCUT2D eigenvalue weighted by molar-refractivity contribution is 5.18. The van der Waals surface area contributed by atoms with Gasteiger partial charge in [-0.25, -0.2) is 0 Å². The van der Waals surface area contributed by atoms with Crippen molar-refractivity contribution < 1.29 is 10.2 Å². The second kappa shape index (κ2) is 9.12. The van der Waals surface area contributed by atoms with Gasteiger partial charge < -0.3 is 10.2 Å². The summed E-state index contributed by atoms with van der Waals surface area (Å²) in [6.45, 7) is 2.21. The largest absolute Gasteiger partial charge is 0.390 e. The second-order valence-corrected chi connectivity index (χ2v) is 4.98. The van der Waals surface area contributed by atoms with Crippen LogP contribution in [-0.2, 0) is 0 Å². The van der Waals surface area contributed by atoms with E-state index in [2.05, 4.69) is 6.92 Å². The maximum atomic E-state index is 9.98. The molecule has 0 saturated heterocycles. The third kappa shape index (κ3) is 5.65. The summed E-state index contributed by atoms with van der Waals surface area (Å²) in [5, 5.41) is 19.9. The van der Waals surface area contributed by atoms with Crippen molar-refractivity contribution in [2.75, 3.05) is 0 Å². The molecule has 0 bridgehead atoms. The highest BCUT2D eigenvalue weighted by Crippen LogP contribution is 2.20. The molecule has 2 N–H and O–H groups in total. The first-order chi connectivity index (χ1) is 8.75. The van der Waals surface area contributed by atoms with E-state index in [0.29, 0.717) is 6.42 Å². The van der Waals surface area contributed by atoms with Crippen LogP contribution in [0.15, 0.2) is 30.3 Å². The predicted molar refractivity (Wildman–Crippen MR) is 75.4 cm³/mol. The maximum absolute atomic E-state index is 9.98. The fourth-order valence-electron chi connectivity index (χ4n) is 2.16. The summed E-state index contributed by atoms with van der Waals surface area (Å²) in [4.78, 5) is 0. The van der Waals surface area contributed by atoms with Crippen LogP contribution in [0.1, 0.15) is 63.5 Å². The van der Waals surface area contributed by atoms with Crippen molar-refractivity contribution >= 4 is 0 Å². The number of benzene rings is 1. The molecule has 1 aromatic carbocycles. The van der Waals surface area contributed by atoms with E-state index in [9.17, 15) is 10.2 Å². The highest BCUT2D eigenvalue weighted by atomic mass is 16.3. The van der Waals surface area contributed by atoms with Crippen molar-refractivity contribution in [3.8, 4) is 0 Å². The molecule has 18 heavy (non-hydrogen) atoms. The number of aliphatic hydroxyl groups is 2. The summed E-state index contributed by atoms with van der Waals surface area (Å²) in [5.41, 5.74) is 0.802.